The van der Waals surface area contributed by atoms with Gasteiger partial charge in [0.05, 0.1) is 17.2 Å². The van der Waals surface area contributed by atoms with Crippen molar-refractivity contribution < 1.29 is 4.79 Å². The Kier molecular flexibility index (Phi) is 3.46. The molecule has 2 amide bonds. The molecule has 0 unspecified atom stereocenters. The molecule has 1 heterocycles. The molecule has 1 aromatic rings. The van der Waals surface area contributed by atoms with E-state index in [-0.39, 0.29) is 0 Å². The van der Waals surface area contributed by atoms with Crippen LogP contribution in [-0.2, 0) is 6.54 Å². The van der Waals surface area contributed by atoms with Crippen molar-refractivity contribution in [1.82, 2.24) is 9.88 Å². The summed E-state index contributed by atoms with van der Waals surface area (Å²) < 4.78 is 0. The van der Waals surface area contributed by atoms with Crippen LogP contribution in [0.5, 0.6) is 0 Å². The van der Waals surface area contributed by atoms with Crippen molar-refractivity contribution in [3.05, 3.63) is 16.1 Å². The summed E-state index contributed by atoms with van der Waals surface area (Å²) in [6, 6.07) is -0.427. The second-order valence-electron chi connectivity index (χ2n) is 3.53. The number of hydrogen-bond acceptors (Lipinski definition) is 3. The number of urea groups is 1. The largest absolute Gasteiger partial charge is 0.351 e. The Morgan fingerprint density at radius 1 is 1.71 bits per heavy atom. The van der Waals surface area contributed by atoms with Crippen LogP contribution in [0.15, 0.2) is 5.38 Å². The van der Waals surface area contributed by atoms with Crippen LogP contribution < -0.4 is 5.73 Å². The van der Waals surface area contributed by atoms with Gasteiger partial charge < -0.3 is 10.6 Å². The quantitative estimate of drug-likeness (QED) is 0.832. The maximum absolute atomic E-state index is 10.8. The lowest BCUT2D eigenvalue weighted by Crippen LogP contribution is -2.31. The number of nitrogens with two attached hydrogens (primary N) is 1. The maximum atomic E-state index is 10.8. The van der Waals surface area contributed by atoms with Crippen molar-refractivity contribution in [3.8, 4) is 0 Å². The molecule has 0 aliphatic carbocycles. The lowest BCUT2D eigenvalue weighted by atomic mass is 10.2. The average Bonchev–Trinajstić information content (AvgIpc) is 2.52. The van der Waals surface area contributed by atoms with Gasteiger partial charge in [0.1, 0.15) is 0 Å². The Labute approximate surface area is 87.7 Å². The summed E-state index contributed by atoms with van der Waals surface area (Å²) in [4.78, 5) is 16.6. The Hall–Kier alpha value is -1.10. The van der Waals surface area contributed by atoms with E-state index in [1.54, 1.807) is 18.4 Å². The zero-order valence-corrected chi connectivity index (χ0v) is 9.47. The molecule has 14 heavy (non-hydrogen) atoms. The molecule has 0 fully saturated rings. The summed E-state index contributed by atoms with van der Waals surface area (Å²) in [6.45, 7) is 4.68. The van der Waals surface area contributed by atoms with Crippen LogP contribution in [0, 0.1) is 0 Å². The minimum absolute atomic E-state index is 0.427. The van der Waals surface area contributed by atoms with Crippen molar-refractivity contribution >= 4 is 17.4 Å². The van der Waals surface area contributed by atoms with Gasteiger partial charge in [-0.05, 0) is 0 Å². The molecule has 78 valence electrons. The third-order valence-corrected chi connectivity index (χ3v) is 3.03. The predicted octanol–water partition coefficient (Wildman–Crippen LogP) is 1.78. The van der Waals surface area contributed by atoms with Gasteiger partial charge in [-0.2, -0.15) is 0 Å². The van der Waals surface area contributed by atoms with Crippen LogP contribution in [0.4, 0.5) is 4.79 Å². The minimum atomic E-state index is -0.427. The van der Waals surface area contributed by atoms with E-state index in [0.717, 1.165) is 10.7 Å². The predicted molar refractivity (Wildman–Crippen MR) is 57.3 cm³/mol. The number of amides is 2. The fourth-order valence-electron chi connectivity index (χ4n) is 0.981. The zero-order chi connectivity index (χ0) is 10.7. The molecule has 0 saturated carbocycles. The molecule has 0 aliphatic rings. The van der Waals surface area contributed by atoms with Crippen LogP contribution in [-0.4, -0.2) is 23.0 Å². The minimum Gasteiger partial charge on any atom is -0.351 e. The van der Waals surface area contributed by atoms with E-state index < -0.39 is 6.03 Å². The molecule has 0 atom stereocenters. The highest BCUT2D eigenvalue weighted by atomic mass is 32.1. The first-order chi connectivity index (χ1) is 6.50. The SMILES string of the molecule is CC(C)c1nc(CN(C)C(N)=O)cs1. The lowest BCUT2D eigenvalue weighted by molar-refractivity contribution is 0.216. The van der Waals surface area contributed by atoms with Gasteiger partial charge in [-0.3, -0.25) is 0 Å². The Morgan fingerprint density at radius 3 is 2.79 bits per heavy atom. The second-order valence-corrected chi connectivity index (χ2v) is 4.42. The van der Waals surface area contributed by atoms with Gasteiger partial charge in [0.2, 0.25) is 0 Å². The van der Waals surface area contributed by atoms with Crippen molar-refractivity contribution in [2.24, 2.45) is 5.73 Å². The van der Waals surface area contributed by atoms with Crippen LogP contribution in [0.2, 0.25) is 0 Å². The first-order valence-corrected chi connectivity index (χ1v) is 5.33. The number of rotatable bonds is 3. The molecule has 2 N–H and O–H groups in total. The van der Waals surface area contributed by atoms with E-state index in [0.29, 0.717) is 12.5 Å². The molecule has 1 rings (SSSR count). The van der Waals surface area contributed by atoms with Gasteiger partial charge in [0.25, 0.3) is 0 Å². The maximum Gasteiger partial charge on any atom is 0.314 e. The fraction of sp³-hybridized carbons (Fsp3) is 0.556. The molecule has 0 bridgehead atoms. The summed E-state index contributed by atoms with van der Waals surface area (Å²) in [5.41, 5.74) is 6.02. The molecule has 4 nitrogen and oxygen atoms in total. The number of thiazole rings is 1. The molecule has 0 aromatic carbocycles. The molecular weight excluding hydrogens is 198 g/mol. The molecule has 1 aromatic heterocycles. The topological polar surface area (TPSA) is 59.2 Å². The Morgan fingerprint density at radius 2 is 2.36 bits per heavy atom. The number of primary amides is 1. The van der Waals surface area contributed by atoms with Crippen LogP contribution in [0.3, 0.4) is 0 Å². The number of carbonyl (C=O) groups excluding carboxylic acids is 1. The van der Waals surface area contributed by atoms with E-state index >= 15 is 0 Å². The van der Waals surface area contributed by atoms with Crippen LogP contribution in [0.1, 0.15) is 30.5 Å². The smallest absolute Gasteiger partial charge is 0.314 e. The standard InChI is InChI=1S/C9H15N3OS/c1-6(2)8-11-7(5-14-8)4-12(3)9(10)13/h5-6H,4H2,1-3H3,(H2,10,13). The molecular formula is C9H15N3OS. The van der Waals surface area contributed by atoms with Gasteiger partial charge in [-0.1, -0.05) is 13.8 Å². The van der Waals surface area contributed by atoms with Gasteiger partial charge in [0.15, 0.2) is 0 Å². The highest BCUT2D eigenvalue weighted by Crippen LogP contribution is 2.19. The molecule has 5 heteroatoms. The van der Waals surface area contributed by atoms with Crippen molar-refractivity contribution in [1.29, 1.82) is 0 Å². The Balaban J connectivity index is 2.64. The van der Waals surface area contributed by atoms with Crippen molar-refractivity contribution in [2.45, 2.75) is 26.3 Å². The van der Waals surface area contributed by atoms with E-state index in [4.69, 9.17) is 5.73 Å². The monoisotopic (exact) mass is 213 g/mol. The molecule has 0 spiro atoms. The third kappa shape index (κ3) is 2.70. The highest BCUT2D eigenvalue weighted by molar-refractivity contribution is 7.09. The molecule has 0 radical (unpaired) electrons. The van der Waals surface area contributed by atoms with Gasteiger partial charge in [0, 0.05) is 18.3 Å². The number of carbonyl (C=O) groups is 1. The van der Waals surface area contributed by atoms with E-state index in [1.165, 1.54) is 4.90 Å². The first kappa shape index (κ1) is 11.0. The van der Waals surface area contributed by atoms with E-state index in [1.807, 2.05) is 5.38 Å². The normalized spacial score (nSPS) is 10.6. The van der Waals surface area contributed by atoms with E-state index in [9.17, 15) is 4.79 Å². The van der Waals surface area contributed by atoms with Gasteiger partial charge in [-0.15, -0.1) is 11.3 Å². The number of hydrogen-bond donors (Lipinski definition) is 1. The summed E-state index contributed by atoms with van der Waals surface area (Å²) in [5, 5.41) is 3.06. The summed E-state index contributed by atoms with van der Waals surface area (Å²) in [6.07, 6.45) is 0. The Bertz CT molecular complexity index is 322. The molecule has 0 saturated heterocycles. The van der Waals surface area contributed by atoms with Gasteiger partial charge >= 0.3 is 6.03 Å². The van der Waals surface area contributed by atoms with Crippen LogP contribution in [0.25, 0.3) is 0 Å². The summed E-state index contributed by atoms with van der Waals surface area (Å²) >= 11 is 1.62. The summed E-state index contributed by atoms with van der Waals surface area (Å²) in [5.74, 6) is 0.438. The zero-order valence-electron chi connectivity index (χ0n) is 8.65. The number of nitrogens with zero attached hydrogens (tertiary/aromatic N) is 2. The number of aromatic nitrogens is 1. The average molecular weight is 213 g/mol. The van der Waals surface area contributed by atoms with E-state index in [2.05, 4.69) is 18.8 Å². The van der Waals surface area contributed by atoms with Gasteiger partial charge in [-0.25, -0.2) is 9.78 Å². The first-order valence-electron chi connectivity index (χ1n) is 4.45. The van der Waals surface area contributed by atoms with Crippen LogP contribution >= 0.6 is 11.3 Å². The fourth-order valence-corrected chi connectivity index (χ4v) is 1.81. The van der Waals surface area contributed by atoms with Crippen molar-refractivity contribution in [2.75, 3.05) is 7.05 Å². The molecule has 0 aliphatic heterocycles. The third-order valence-electron chi connectivity index (χ3n) is 1.84. The van der Waals surface area contributed by atoms with Crippen molar-refractivity contribution in [3.63, 3.8) is 0 Å². The second kappa shape index (κ2) is 4.41. The summed E-state index contributed by atoms with van der Waals surface area (Å²) in [7, 11) is 1.66. The lowest BCUT2D eigenvalue weighted by Gasteiger charge is -2.11. The highest BCUT2D eigenvalue weighted by Gasteiger charge is 2.09.